The zero-order valence-electron chi connectivity index (χ0n) is 9.21. The Morgan fingerprint density at radius 3 is 2.65 bits per heavy atom. The van der Waals surface area contributed by atoms with Crippen molar-refractivity contribution < 1.29 is 9.13 Å². The Labute approximate surface area is 107 Å². The number of nitrogen functional groups attached to an aromatic ring is 1. The molecule has 0 saturated heterocycles. The molecule has 0 aliphatic heterocycles. The van der Waals surface area contributed by atoms with Crippen LogP contribution in [0.3, 0.4) is 0 Å². The van der Waals surface area contributed by atoms with E-state index in [2.05, 4.69) is 15.9 Å². The minimum Gasteiger partial charge on any atom is -0.452 e. The molecular weight excluding hydrogens is 285 g/mol. The van der Waals surface area contributed by atoms with E-state index in [0.29, 0.717) is 15.9 Å². The van der Waals surface area contributed by atoms with Gasteiger partial charge in [-0.15, -0.1) is 0 Å². The Hall–Kier alpha value is -1.55. The minimum atomic E-state index is -0.429. The lowest BCUT2D eigenvalue weighted by molar-refractivity contribution is 0.441. The lowest BCUT2D eigenvalue weighted by Gasteiger charge is -2.11. The molecule has 2 aromatic rings. The van der Waals surface area contributed by atoms with Crippen LogP contribution in [-0.2, 0) is 0 Å². The number of benzene rings is 2. The SMILES string of the molecule is Cc1cccc(N)c1Oc1ccc(Br)cc1F. The van der Waals surface area contributed by atoms with E-state index < -0.39 is 5.82 Å². The van der Waals surface area contributed by atoms with Crippen molar-refractivity contribution in [1.29, 1.82) is 0 Å². The van der Waals surface area contributed by atoms with Gasteiger partial charge in [0.05, 0.1) is 5.69 Å². The highest BCUT2D eigenvalue weighted by Gasteiger charge is 2.09. The predicted molar refractivity (Wildman–Crippen MR) is 69.8 cm³/mol. The van der Waals surface area contributed by atoms with Gasteiger partial charge >= 0.3 is 0 Å². The van der Waals surface area contributed by atoms with Crippen LogP contribution in [-0.4, -0.2) is 0 Å². The normalized spacial score (nSPS) is 10.3. The quantitative estimate of drug-likeness (QED) is 0.840. The summed E-state index contributed by atoms with van der Waals surface area (Å²) in [5.41, 5.74) is 7.15. The van der Waals surface area contributed by atoms with Crippen molar-refractivity contribution in [3.8, 4) is 11.5 Å². The van der Waals surface area contributed by atoms with E-state index in [4.69, 9.17) is 10.5 Å². The molecule has 17 heavy (non-hydrogen) atoms. The van der Waals surface area contributed by atoms with Crippen LogP contribution in [0.2, 0.25) is 0 Å². The van der Waals surface area contributed by atoms with Crippen LogP contribution in [0.5, 0.6) is 11.5 Å². The van der Waals surface area contributed by atoms with E-state index in [1.165, 1.54) is 6.07 Å². The first-order chi connectivity index (χ1) is 8.08. The first kappa shape index (κ1) is 11.9. The highest BCUT2D eigenvalue weighted by atomic mass is 79.9. The third kappa shape index (κ3) is 2.58. The van der Waals surface area contributed by atoms with E-state index in [1.807, 2.05) is 19.1 Å². The number of para-hydroxylation sites is 1. The zero-order valence-corrected chi connectivity index (χ0v) is 10.8. The summed E-state index contributed by atoms with van der Waals surface area (Å²) >= 11 is 3.19. The molecular formula is C13H11BrFNO. The monoisotopic (exact) mass is 295 g/mol. The van der Waals surface area contributed by atoms with Gasteiger partial charge in [-0.1, -0.05) is 28.1 Å². The van der Waals surface area contributed by atoms with Crippen molar-refractivity contribution in [2.75, 3.05) is 5.73 Å². The lowest BCUT2D eigenvalue weighted by Crippen LogP contribution is -1.95. The number of hydrogen-bond acceptors (Lipinski definition) is 2. The fourth-order valence-corrected chi connectivity index (χ4v) is 1.82. The number of ether oxygens (including phenoxy) is 1. The second-order valence-corrected chi connectivity index (χ2v) is 4.59. The molecule has 2 nitrogen and oxygen atoms in total. The molecule has 0 amide bonds. The molecule has 0 aliphatic carbocycles. The molecule has 88 valence electrons. The maximum atomic E-state index is 13.6. The van der Waals surface area contributed by atoms with Gasteiger partial charge in [0.2, 0.25) is 0 Å². The molecule has 2 rings (SSSR count). The molecule has 0 atom stereocenters. The minimum absolute atomic E-state index is 0.161. The molecule has 0 unspecified atom stereocenters. The summed E-state index contributed by atoms with van der Waals surface area (Å²) in [5.74, 6) is 0.227. The molecule has 0 radical (unpaired) electrons. The summed E-state index contributed by atoms with van der Waals surface area (Å²) in [4.78, 5) is 0. The van der Waals surface area contributed by atoms with Crippen LogP contribution in [0.15, 0.2) is 40.9 Å². The second-order valence-electron chi connectivity index (χ2n) is 3.67. The van der Waals surface area contributed by atoms with Crippen LogP contribution < -0.4 is 10.5 Å². The van der Waals surface area contributed by atoms with Crippen LogP contribution in [0.25, 0.3) is 0 Å². The van der Waals surface area contributed by atoms with Gasteiger partial charge in [0.25, 0.3) is 0 Å². The van der Waals surface area contributed by atoms with Crippen molar-refractivity contribution >= 4 is 21.6 Å². The maximum Gasteiger partial charge on any atom is 0.166 e. The predicted octanol–water partition coefficient (Wildman–Crippen LogP) is 4.27. The van der Waals surface area contributed by atoms with Crippen LogP contribution in [0, 0.1) is 12.7 Å². The fraction of sp³-hybridized carbons (Fsp3) is 0.0769. The third-order valence-corrected chi connectivity index (χ3v) is 2.84. The highest BCUT2D eigenvalue weighted by Crippen LogP contribution is 2.32. The molecule has 4 heteroatoms. The van der Waals surface area contributed by atoms with E-state index in [9.17, 15) is 4.39 Å². The Morgan fingerprint density at radius 1 is 1.24 bits per heavy atom. The Balaban J connectivity index is 2.38. The van der Waals surface area contributed by atoms with Crippen LogP contribution in [0.4, 0.5) is 10.1 Å². The summed E-state index contributed by atoms with van der Waals surface area (Å²) in [5, 5.41) is 0. The van der Waals surface area contributed by atoms with Gasteiger partial charge in [-0.05, 0) is 36.8 Å². The van der Waals surface area contributed by atoms with Gasteiger partial charge in [0.15, 0.2) is 17.3 Å². The van der Waals surface area contributed by atoms with Crippen molar-refractivity contribution in [2.45, 2.75) is 6.92 Å². The summed E-state index contributed by atoms with van der Waals surface area (Å²) in [6.07, 6.45) is 0. The van der Waals surface area contributed by atoms with E-state index >= 15 is 0 Å². The molecule has 0 fully saturated rings. The number of nitrogens with two attached hydrogens (primary N) is 1. The van der Waals surface area contributed by atoms with E-state index in [-0.39, 0.29) is 5.75 Å². The smallest absolute Gasteiger partial charge is 0.166 e. The van der Waals surface area contributed by atoms with Crippen LogP contribution in [0.1, 0.15) is 5.56 Å². The van der Waals surface area contributed by atoms with Gasteiger partial charge < -0.3 is 10.5 Å². The molecule has 0 aromatic heterocycles. The van der Waals surface area contributed by atoms with Crippen molar-refractivity contribution in [1.82, 2.24) is 0 Å². The lowest BCUT2D eigenvalue weighted by atomic mass is 10.2. The Bertz CT molecular complexity index is 537. The Morgan fingerprint density at radius 2 is 2.00 bits per heavy atom. The molecule has 2 aromatic carbocycles. The fourth-order valence-electron chi connectivity index (χ4n) is 1.48. The maximum absolute atomic E-state index is 13.6. The topological polar surface area (TPSA) is 35.2 Å². The summed E-state index contributed by atoms with van der Waals surface area (Å²) in [6, 6.07) is 10.0. The molecule has 0 bridgehead atoms. The second kappa shape index (κ2) is 4.75. The summed E-state index contributed by atoms with van der Waals surface area (Å²) in [6.45, 7) is 1.86. The first-order valence-corrected chi connectivity index (χ1v) is 5.85. The molecule has 0 saturated carbocycles. The number of anilines is 1. The van der Waals surface area contributed by atoms with Gasteiger partial charge in [-0.3, -0.25) is 0 Å². The molecule has 2 N–H and O–H groups in total. The van der Waals surface area contributed by atoms with Gasteiger partial charge in [0, 0.05) is 4.47 Å². The highest BCUT2D eigenvalue weighted by molar-refractivity contribution is 9.10. The molecule has 0 spiro atoms. The van der Waals surface area contributed by atoms with Crippen molar-refractivity contribution in [3.63, 3.8) is 0 Å². The van der Waals surface area contributed by atoms with Gasteiger partial charge in [-0.25, -0.2) is 4.39 Å². The zero-order chi connectivity index (χ0) is 12.4. The summed E-state index contributed by atoms with van der Waals surface area (Å²) in [7, 11) is 0. The van der Waals surface area contributed by atoms with E-state index in [0.717, 1.165) is 5.56 Å². The van der Waals surface area contributed by atoms with E-state index in [1.54, 1.807) is 18.2 Å². The number of rotatable bonds is 2. The van der Waals surface area contributed by atoms with Crippen LogP contribution >= 0.6 is 15.9 Å². The van der Waals surface area contributed by atoms with Gasteiger partial charge in [0.1, 0.15) is 0 Å². The number of halogens is 2. The Kier molecular flexibility index (Phi) is 3.33. The van der Waals surface area contributed by atoms with Crippen molar-refractivity contribution in [3.05, 3.63) is 52.3 Å². The van der Waals surface area contributed by atoms with Gasteiger partial charge in [-0.2, -0.15) is 0 Å². The van der Waals surface area contributed by atoms with Crippen molar-refractivity contribution in [2.24, 2.45) is 0 Å². The molecule has 0 heterocycles. The largest absolute Gasteiger partial charge is 0.452 e. The third-order valence-electron chi connectivity index (χ3n) is 2.35. The standard InChI is InChI=1S/C13H11BrFNO/c1-8-3-2-4-11(16)13(8)17-12-6-5-9(14)7-10(12)15/h2-7H,16H2,1H3. The molecule has 0 aliphatic rings. The summed E-state index contributed by atoms with van der Waals surface area (Å²) < 4.78 is 19.8. The average Bonchev–Trinajstić information content (AvgIpc) is 2.26. The number of aryl methyl sites for hydroxylation is 1. The average molecular weight is 296 g/mol. The number of hydrogen-bond donors (Lipinski definition) is 1. The first-order valence-electron chi connectivity index (χ1n) is 5.06.